The molecule has 2 heterocycles. The van der Waals surface area contributed by atoms with Crippen LogP contribution in [0.2, 0.25) is 0 Å². The van der Waals surface area contributed by atoms with Gasteiger partial charge in [0.05, 0.1) is 11.6 Å². The van der Waals surface area contributed by atoms with Gasteiger partial charge in [0.2, 0.25) is 5.91 Å². The van der Waals surface area contributed by atoms with Gasteiger partial charge >= 0.3 is 0 Å². The molecule has 2 N–H and O–H groups in total. The van der Waals surface area contributed by atoms with Crippen LogP contribution < -0.4 is 10.9 Å². The van der Waals surface area contributed by atoms with Crippen molar-refractivity contribution >= 4 is 28.1 Å². The fourth-order valence-electron chi connectivity index (χ4n) is 2.97. The largest absolute Gasteiger partial charge is 0.354 e. The maximum Gasteiger partial charge on any atom is 0.251 e. The van der Waals surface area contributed by atoms with E-state index in [0.29, 0.717) is 24.0 Å². The summed E-state index contributed by atoms with van der Waals surface area (Å²) in [6, 6.07) is 10.1. The monoisotopic (exact) mass is 387 g/mol. The van der Waals surface area contributed by atoms with Crippen LogP contribution in [0.1, 0.15) is 22.9 Å². The molecule has 0 aliphatic rings. The molecule has 0 bridgehead atoms. The highest BCUT2D eigenvalue weighted by atomic mass is 32.1. The molecule has 1 aromatic carbocycles. The molecule has 1 unspecified atom stereocenters. The summed E-state index contributed by atoms with van der Waals surface area (Å²) in [7, 11) is 3.96. The third kappa shape index (κ3) is 4.81. The van der Waals surface area contributed by atoms with Crippen molar-refractivity contribution in [2.45, 2.75) is 18.9 Å². The summed E-state index contributed by atoms with van der Waals surface area (Å²) >= 11 is 1.66. The molecule has 0 spiro atoms. The first-order valence-electron chi connectivity index (χ1n) is 8.72. The van der Waals surface area contributed by atoms with Crippen molar-refractivity contribution in [2.24, 2.45) is 0 Å². The maximum absolute atomic E-state index is 13.3. The van der Waals surface area contributed by atoms with Crippen molar-refractivity contribution in [1.29, 1.82) is 0 Å². The number of aromatic amines is 1. The Morgan fingerprint density at radius 2 is 2.11 bits per heavy atom. The van der Waals surface area contributed by atoms with Gasteiger partial charge in [0.25, 0.3) is 5.56 Å². The van der Waals surface area contributed by atoms with Gasteiger partial charge in [-0.3, -0.25) is 9.59 Å². The molecule has 0 aliphatic heterocycles. The first kappa shape index (κ1) is 19.3. The fraction of sp³-hybridized carbons (Fsp3) is 0.300. The third-order valence-corrected chi connectivity index (χ3v) is 5.47. The fourth-order valence-corrected chi connectivity index (χ4v) is 3.89. The van der Waals surface area contributed by atoms with Gasteiger partial charge in [-0.25, -0.2) is 4.39 Å². The van der Waals surface area contributed by atoms with Crippen molar-refractivity contribution in [3.05, 3.63) is 68.4 Å². The smallest absolute Gasteiger partial charge is 0.251 e. The van der Waals surface area contributed by atoms with Crippen molar-refractivity contribution in [3.8, 4) is 0 Å². The first-order valence-corrected chi connectivity index (χ1v) is 9.60. The number of benzene rings is 1. The standard InChI is InChI=1S/C20H22FN3O2S/c1-24(2)17(18-4-3-9-27-18)12-22-19(25)8-6-14-10-13-5-7-15(21)11-16(13)23-20(14)26/h3-5,7,9-11,17H,6,8,12H2,1-2H3,(H,22,25)(H,23,26). The highest BCUT2D eigenvalue weighted by Gasteiger charge is 2.16. The Kier molecular flexibility index (Phi) is 6.03. The molecule has 0 radical (unpaired) electrons. The molecule has 2 aromatic heterocycles. The molecular weight excluding hydrogens is 365 g/mol. The highest BCUT2D eigenvalue weighted by Crippen LogP contribution is 2.22. The summed E-state index contributed by atoms with van der Waals surface area (Å²) in [6.07, 6.45) is 0.556. The summed E-state index contributed by atoms with van der Waals surface area (Å²) < 4.78 is 13.3. The lowest BCUT2D eigenvalue weighted by Crippen LogP contribution is -2.34. The average molecular weight is 387 g/mol. The topological polar surface area (TPSA) is 65.2 Å². The zero-order chi connectivity index (χ0) is 19.4. The number of thiophene rings is 1. The number of nitrogens with zero attached hydrogens (tertiary/aromatic N) is 1. The number of amides is 1. The van der Waals surface area contributed by atoms with E-state index in [1.165, 1.54) is 17.0 Å². The summed E-state index contributed by atoms with van der Waals surface area (Å²) in [6.45, 7) is 0.514. The van der Waals surface area contributed by atoms with Crippen LogP contribution in [-0.4, -0.2) is 36.4 Å². The van der Waals surface area contributed by atoms with Gasteiger partial charge in [0, 0.05) is 23.4 Å². The second kappa shape index (κ2) is 8.45. The average Bonchev–Trinajstić information content (AvgIpc) is 3.14. The zero-order valence-electron chi connectivity index (χ0n) is 15.3. The van der Waals surface area contributed by atoms with Gasteiger partial charge in [-0.2, -0.15) is 0 Å². The number of carbonyl (C=O) groups is 1. The number of fused-ring (bicyclic) bond motifs is 1. The molecule has 0 saturated heterocycles. The maximum atomic E-state index is 13.3. The van der Waals surface area contributed by atoms with E-state index in [1.54, 1.807) is 23.5 Å². The van der Waals surface area contributed by atoms with E-state index >= 15 is 0 Å². The van der Waals surface area contributed by atoms with Gasteiger partial charge in [-0.1, -0.05) is 6.07 Å². The van der Waals surface area contributed by atoms with E-state index in [4.69, 9.17) is 0 Å². The quantitative estimate of drug-likeness (QED) is 0.655. The van der Waals surface area contributed by atoms with Crippen molar-refractivity contribution in [1.82, 2.24) is 15.2 Å². The number of H-pyrrole nitrogens is 1. The van der Waals surface area contributed by atoms with Crippen molar-refractivity contribution in [3.63, 3.8) is 0 Å². The molecule has 0 aliphatic carbocycles. The molecule has 27 heavy (non-hydrogen) atoms. The Morgan fingerprint density at radius 3 is 2.81 bits per heavy atom. The van der Waals surface area contributed by atoms with E-state index < -0.39 is 5.82 Å². The van der Waals surface area contributed by atoms with Crippen LogP contribution in [0.3, 0.4) is 0 Å². The van der Waals surface area contributed by atoms with Crippen LogP contribution in [0, 0.1) is 5.82 Å². The van der Waals surface area contributed by atoms with Crippen LogP contribution in [0.15, 0.2) is 46.6 Å². The number of carbonyl (C=O) groups excluding carboxylic acids is 1. The minimum atomic E-state index is -0.397. The number of hydrogen-bond acceptors (Lipinski definition) is 4. The molecule has 1 atom stereocenters. The van der Waals surface area contributed by atoms with Gasteiger partial charge < -0.3 is 15.2 Å². The molecule has 3 rings (SSSR count). The second-order valence-electron chi connectivity index (χ2n) is 6.65. The summed E-state index contributed by atoms with van der Waals surface area (Å²) in [4.78, 5) is 30.3. The third-order valence-electron chi connectivity index (χ3n) is 4.49. The first-order chi connectivity index (χ1) is 12.9. The molecule has 1 amide bonds. The number of likely N-dealkylation sites (N-methyl/N-ethyl adjacent to an activating group) is 1. The molecule has 5 nitrogen and oxygen atoms in total. The lowest BCUT2D eigenvalue weighted by atomic mass is 10.1. The number of halogens is 1. The number of nitrogens with one attached hydrogen (secondary N) is 2. The van der Waals surface area contributed by atoms with E-state index in [2.05, 4.69) is 21.3 Å². The van der Waals surface area contributed by atoms with Gasteiger partial charge in [0.1, 0.15) is 5.82 Å². The molecule has 3 aromatic rings. The van der Waals surface area contributed by atoms with Crippen LogP contribution >= 0.6 is 11.3 Å². The van der Waals surface area contributed by atoms with Crippen LogP contribution in [-0.2, 0) is 11.2 Å². The van der Waals surface area contributed by atoms with Crippen LogP contribution in [0.25, 0.3) is 10.9 Å². The Hall–Kier alpha value is -2.51. The lowest BCUT2D eigenvalue weighted by Gasteiger charge is -2.23. The van der Waals surface area contributed by atoms with Gasteiger partial charge in [-0.15, -0.1) is 11.3 Å². The Morgan fingerprint density at radius 1 is 1.30 bits per heavy atom. The number of rotatable bonds is 7. The van der Waals surface area contributed by atoms with Crippen LogP contribution in [0.4, 0.5) is 4.39 Å². The number of aromatic nitrogens is 1. The van der Waals surface area contributed by atoms with E-state index in [-0.39, 0.29) is 23.9 Å². The molecule has 0 saturated carbocycles. The number of pyridine rings is 1. The highest BCUT2D eigenvalue weighted by molar-refractivity contribution is 7.10. The lowest BCUT2D eigenvalue weighted by molar-refractivity contribution is -0.121. The predicted octanol–water partition coefficient (Wildman–Crippen LogP) is 3.08. The minimum Gasteiger partial charge on any atom is -0.354 e. The molecular formula is C20H22FN3O2S. The van der Waals surface area contributed by atoms with Gasteiger partial charge in [0.15, 0.2) is 0 Å². The summed E-state index contributed by atoms with van der Waals surface area (Å²) in [5.41, 5.74) is 0.690. The molecule has 0 fully saturated rings. The number of aryl methyl sites for hydroxylation is 1. The van der Waals surface area contributed by atoms with Crippen molar-refractivity contribution in [2.75, 3.05) is 20.6 Å². The number of hydrogen-bond donors (Lipinski definition) is 2. The van der Waals surface area contributed by atoms with Crippen LogP contribution in [0.5, 0.6) is 0 Å². The molecule has 7 heteroatoms. The minimum absolute atomic E-state index is 0.1000. The van der Waals surface area contributed by atoms with E-state index in [1.807, 2.05) is 25.5 Å². The zero-order valence-corrected chi connectivity index (χ0v) is 16.1. The normalized spacial score (nSPS) is 12.4. The van der Waals surface area contributed by atoms with Gasteiger partial charge in [-0.05, 0) is 61.6 Å². The second-order valence-corrected chi connectivity index (χ2v) is 7.63. The molecule has 142 valence electrons. The Bertz CT molecular complexity index is 983. The SMILES string of the molecule is CN(C)C(CNC(=O)CCc1cc2ccc(F)cc2[nH]c1=O)c1cccs1. The predicted molar refractivity (Wildman–Crippen MR) is 107 cm³/mol. The summed E-state index contributed by atoms with van der Waals surface area (Å²) in [5, 5.41) is 5.72. The Balaban J connectivity index is 1.60. The summed E-state index contributed by atoms with van der Waals surface area (Å²) in [5.74, 6) is -0.497. The van der Waals surface area contributed by atoms with Crippen molar-refractivity contribution < 1.29 is 9.18 Å². The van der Waals surface area contributed by atoms with E-state index in [9.17, 15) is 14.0 Å². The van der Waals surface area contributed by atoms with E-state index in [0.717, 1.165) is 5.39 Å². The Labute approximate surface area is 160 Å².